The van der Waals surface area contributed by atoms with Crippen molar-refractivity contribution < 1.29 is 0 Å². The van der Waals surface area contributed by atoms with Crippen LogP contribution < -0.4 is 0 Å². The number of benzene rings is 1. The van der Waals surface area contributed by atoms with Gasteiger partial charge >= 0.3 is 0 Å². The van der Waals surface area contributed by atoms with E-state index in [9.17, 15) is 0 Å². The lowest BCUT2D eigenvalue weighted by Crippen LogP contribution is -1.79. The number of hydrogen-bond donors (Lipinski definition) is 0. The number of hydrogen-bond acceptors (Lipinski definition) is 0. The normalized spacial score (nSPS) is 8.83. The van der Waals surface area contributed by atoms with Gasteiger partial charge in [0.25, 0.3) is 0 Å². The molecule has 0 unspecified atom stereocenters. The van der Waals surface area contributed by atoms with E-state index < -0.39 is 0 Å². The molecule has 0 amide bonds. The van der Waals surface area contributed by atoms with Gasteiger partial charge < -0.3 is 0 Å². The van der Waals surface area contributed by atoms with Gasteiger partial charge in [-0.25, -0.2) is 0 Å². The summed E-state index contributed by atoms with van der Waals surface area (Å²) in [6.07, 6.45) is 0. The van der Waals surface area contributed by atoms with E-state index >= 15 is 0 Å². The molecule has 0 aliphatic heterocycles. The van der Waals surface area contributed by atoms with Crippen LogP contribution in [-0.2, 0) is 5.88 Å². The van der Waals surface area contributed by atoms with Crippen molar-refractivity contribution in [2.24, 2.45) is 0 Å². The predicted octanol–water partition coefficient (Wildman–Crippen LogP) is 3.02. The molecule has 0 radical (unpaired) electrons. The van der Waals surface area contributed by atoms with Gasteiger partial charge in [-0.15, -0.1) is 23.2 Å². The highest BCUT2D eigenvalue weighted by molar-refractivity contribution is 6.19. The quantitative estimate of drug-likeness (QED) is 0.481. The van der Waals surface area contributed by atoms with Gasteiger partial charge in [0.2, 0.25) is 0 Å². The Hall–Kier alpha value is -0.640. The minimum atomic E-state index is 0.366. The first-order chi connectivity index (χ1) is 5.86. The maximum Gasteiger partial charge on any atom is 0.0839 e. The van der Waals surface area contributed by atoms with Crippen molar-refractivity contribution in [1.29, 1.82) is 0 Å². The summed E-state index contributed by atoms with van der Waals surface area (Å²) in [6, 6.07) is 7.82. The van der Waals surface area contributed by atoms with E-state index in [1.54, 1.807) is 0 Å². The fourth-order valence-electron chi connectivity index (χ4n) is 0.868. The van der Waals surface area contributed by atoms with E-state index in [2.05, 4.69) is 11.8 Å². The zero-order chi connectivity index (χ0) is 8.81. The molecule has 1 rings (SSSR count). The second kappa shape index (κ2) is 5.09. The Morgan fingerprint density at radius 3 is 2.75 bits per heavy atom. The van der Waals surface area contributed by atoms with Crippen LogP contribution >= 0.6 is 23.2 Å². The van der Waals surface area contributed by atoms with Crippen LogP contribution in [0.4, 0.5) is 0 Å². The summed E-state index contributed by atoms with van der Waals surface area (Å²) >= 11 is 11.1. The van der Waals surface area contributed by atoms with E-state index in [1.165, 1.54) is 0 Å². The average molecular weight is 199 g/mol. The van der Waals surface area contributed by atoms with Gasteiger partial charge in [0.05, 0.1) is 5.88 Å². The largest absolute Gasteiger partial charge is 0.122 e. The van der Waals surface area contributed by atoms with Crippen LogP contribution in [0.15, 0.2) is 24.3 Å². The molecule has 0 bridgehead atoms. The Labute approximate surface area is 82.5 Å². The Bertz CT molecular complexity index is 307. The van der Waals surface area contributed by atoms with Crippen LogP contribution in [0, 0.1) is 11.8 Å². The lowest BCUT2D eigenvalue weighted by Gasteiger charge is -1.94. The van der Waals surface area contributed by atoms with Crippen LogP contribution in [-0.4, -0.2) is 5.88 Å². The van der Waals surface area contributed by atoms with Crippen LogP contribution in [0.2, 0.25) is 0 Å². The molecule has 0 aromatic heterocycles. The van der Waals surface area contributed by atoms with Crippen LogP contribution in [0.25, 0.3) is 0 Å². The second-order valence-corrected chi connectivity index (χ2v) is 2.80. The van der Waals surface area contributed by atoms with E-state index in [-0.39, 0.29) is 0 Å². The zero-order valence-corrected chi connectivity index (χ0v) is 7.99. The Kier molecular flexibility index (Phi) is 4.00. The molecule has 0 saturated heterocycles. The van der Waals surface area contributed by atoms with E-state index in [1.807, 2.05) is 24.3 Å². The van der Waals surface area contributed by atoms with Gasteiger partial charge in [-0.1, -0.05) is 24.0 Å². The highest BCUT2D eigenvalue weighted by atomic mass is 35.5. The first kappa shape index (κ1) is 9.45. The molecule has 0 aliphatic carbocycles. The topological polar surface area (TPSA) is 0 Å². The standard InChI is InChI=1S/C10H8Cl2/c11-6-2-5-9-3-1-4-10(7-9)8-12/h1,3-4,7H,6,8H2. The van der Waals surface area contributed by atoms with Gasteiger partial charge in [0.15, 0.2) is 0 Å². The molecule has 0 fully saturated rings. The molecule has 0 N–H and O–H groups in total. The fourth-order valence-corrected chi connectivity index (χ4v) is 1.10. The second-order valence-electron chi connectivity index (χ2n) is 2.27. The van der Waals surface area contributed by atoms with E-state index in [4.69, 9.17) is 23.2 Å². The first-order valence-corrected chi connectivity index (χ1v) is 4.63. The summed E-state index contributed by atoms with van der Waals surface area (Å²) in [5, 5.41) is 0. The molecule has 1 aromatic carbocycles. The SMILES string of the molecule is ClCC#Cc1cccc(CCl)c1. The van der Waals surface area contributed by atoms with Crippen molar-refractivity contribution >= 4 is 23.2 Å². The summed E-state index contributed by atoms with van der Waals surface area (Å²) in [7, 11) is 0. The van der Waals surface area contributed by atoms with E-state index in [0.717, 1.165) is 11.1 Å². The number of halogens is 2. The molecule has 62 valence electrons. The zero-order valence-electron chi connectivity index (χ0n) is 6.48. The van der Waals surface area contributed by atoms with Crippen molar-refractivity contribution in [3.8, 4) is 11.8 Å². The lowest BCUT2D eigenvalue weighted by molar-refractivity contribution is 1.39. The monoisotopic (exact) mass is 198 g/mol. The Morgan fingerprint density at radius 2 is 2.08 bits per heavy atom. The summed E-state index contributed by atoms with van der Waals surface area (Å²) in [5.41, 5.74) is 2.05. The van der Waals surface area contributed by atoms with Gasteiger partial charge in [-0.3, -0.25) is 0 Å². The summed E-state index contributed by atoms with van der Waals surface area (Å²) in [4.78, 5) is 0. The van der Waals surface area contributed by atoms with Crippen molar-refractivity contribution in [2.75, 3.05) is 5.88 Å². The summed E-state index contributed by atoms with van der Waals surface area (Å²) < 4.78 is 0. The molecule has 0 heterocycles. The van der Waals surface area contributed by atoms with E-state index in [0.29, 0.717) is 11.8 Å². The number of alkyl halides is 2. The fraction of sp³-hybridized carbons (Fsp3) is 0.200. The van der Waals surface area contributed by atoms with Crippen LogP contribution in [0.3, 0.4) is 0 Å². The third-order valence-corrected chi connectivity index (χ3v) is 1.82. The smallest absolute Gasteiger partial charge is 0.0839 e. The first-order valence-electron chi connectivity index (χ1n) is 3.56. The lowest BCUT2D eigenvalue weighted by atomic mass is 10.1. The van der Waals surface area contributed by atoms with Gasteiger partial charge in [-0.05, 0) is 17.7 Å². The Morgan fingerprint density at radius 1 is 1.25 bits per heavy atom. The molecule has 0 nitrogen and oxygen atoms in total. The molecule has 0 aliphatic rings. The highest BCUT2D eigenvalue weighted by Crippen LogP contribution is 2.06. The summed E-state index contributed by atoms with van der Waals surface area (Å²) in [5.74, 6) is 6.61. The van der Waals surface area contributed by atoms with Gasteiger partial charge in [0.1, 0.15) is 0 Å². The predicted molar refractivity (Wildman–Crippen MR) is 53.6 cm³/mol. The van der Waals surface area contributed by atoms with Crippen LogP contribution in [0.5, 0.6) is 0 Å². The maximum absolute atomic E-state index is 5.66. The van der Waals surface area contributed by atoms with Gasteiger partial charge in [0, 0.05) is 11.4 Å². The van der Waals surface area contributed by atoms with Gasteiger partial charge in [-0.2, -0.15) is 0 Å². The molecule has 0 atom stereocenters. The third-order valence-electron chi connectivity index (χ3n) is 1.38. The molecular weight excluding hydrogens is 191 g/mol. The molecule has 1 aromatic rings. The minimum absolute atomic E-state index is 0.366. The Balaban J connectivity index is 2.86. The maximum atomic E-state index is 5.66. The average Bonchev–Trinajstić information content (AvgIpc) is 2.15. The van der Waals surface area contributed by atoms with Crippen molar-refractivity contribution in [1.82, 2.24) is 0 Å². The van der Waals surface area contributed by atoms with Crippen molar-refractivity contribution in [2.45, 2.75) is 5.88 Å². The highest BCUT2D eigenvalue weighted by Gasteiger charge is 1.90. The van der Waals surface area contributed by atoms with Crippen molar-refractivity contribution in [3.05, 3.63) is 35.4 Å². The minimum Gasteiger partial charge on any atom is -0.122 e. The molecule has 12 heavy (non-hydrogen) atoms. The summed E-state index contributed by atoms with van der Waals surface area (Å²) in [6.45, 7) is 0. The molecular formula is C10H8Cl2. The van der Waals surface area contributed by atoms with Crippen molar-refractivity contribution in [3.63, 3.8) is 0 Å². The molecule has 0 saturated carbocycles. The number of rotatable bonds is 1. The molecule has 2 heteroatoms. The third kappa shape index (κ3) is 2.77. The molecule has 0 spiro atoms. The van der Waals surface area contributed by atoms with Crippen LogP contribution in [0.1, 0.15) is 11.1 Å².